The summed E-state index contributed by atoms with van der Waals surface area (Å²) in [7, 11) is 4.49. The molecule has 1 saturated heterocycles. The van der Waals surface area contributed by atoms with Crippen LogP contribution in [-0.2, 0) is 12.6 Å². The molecule has 3 heteroatoms. The average Bonchev–Trinajstić information content (AvgIpc) is 2.93. The lowest BCUT2D eigenvalue weighted by atomic mass is 9.74. The van der Waals surface area contributed by atoms with E-state index in [2.05, 4.69) is 65.3 Å². The second-order valence-electron chi connectivity index (χ2n) is 7.64. The molecular weight excluding hydrogens is 294 g/mol. The van der Waals surface area contributed by atoms with Crippen LogP contribution in [0.5, 0.6) is 0 Å². The molecule has 1 aromatic carbocycles. The summed E-state index contributed by atoms with van der Waals surface area (Å²) < 4.78 is 2.44. The Labute approximate surface area is 143 Å². The predicted octanol–water partition coefficient (Wildman–Crippen LogP) is 3.76. The minimum Gasteiger partial charge on any atom is -0.375 e. The minimum atomic E-state index is 0.0865. The summed E-state index contributed by atoms with van der Waals surface area (Å²) >= 11 is 0. The Hall–Kier alpha value is -2.00. The van der Waals surface area contributed by atoms with Gasteiger partial charge in [-0.15, -0.1) is 0 Å². The SMILES string of the molecule is CN1CCC2(CC1)NC1=C(CCC=C1)c1c2c2ccccc2n1C. The van der Waals surface area contributed by atoms with E-state index in [1.165, 1.54) is 40.7 Å². The molecule has 1 fully saturated rings. The smallest absolute Gasteiger partial charge is 0.0676 e. The van der Waals surface area contributed by atoms with Crippen molar-refractivity contribution in [3.63, 3.8) is 0 Å². The Morgan fingerprint density at radius 3 is 2.71 bits per heavy atom. The lowest BCUT2D eigenvalue weighted by Crippen LogP contribution is -2.52. The van der Waals surface area contributed by atoms with Crippen LogP contribution in [0.25, 0.3) is 16.5 Å². The first-order valence-electron chi connectivity index (χ1n) is 9.14. The maximum Gasteiger partial charge on any atom is 0.0676 e. The predicted molar refractivity (Wildman–Crippen MR) is 99.8 cm³/mol. The molecule has 0 atom stereocenters. The van der Waals surface area contributed by atoms with Gasteiger partial charge >= 0.3 is 0 Å². The van der Waals surface area contributed by atoms with E-state index in [-0.39, 0.29) is 5.54 Å². The number of rotatable bonds is 0. The maximum atomic E-state index is 4.01. The first kappa shape index (κ1) is 14.4. The highest BCUT2D eigenvalue weighted by Gasteiger charge is 2.44. The van der Waals surface area contributed by atoms with Gasteiger partial charge in [0.05, 0.1) is 11.2 Å². The van der Waals surface area contributed by atoms with Crippen LogP contribution in [0.4, 0.5) is 0 Å². The highest BCUT2D eigenvalue weighted by Crippen LogP contribution is 2.48. The zero-order chi connectivity index (χ0) is 16.3. The zero-order valence-electron chi connectivity index (χ0n) is 14.6. The van der Waals surface area contributed by atoms with Gasteiger partial charge in [-0.05, 0) is 50.4 Å². The highest BCUT2D eigenvalue weighted by atomic mass is 15.1. The number of allylic oxidation sites excluding steroid dienone is 3. The van der Waals surface area contributed by atoms with Crippen molar-refractivity contribution in [2.24, 2.45) is 7.05 Å². The molecule has 0 saturated carbocycles. The van der Waals surface area contributed by atoms with Crippen LogP contribution < -0.4 is 5.32 Å². The first-order valence-corrected chi connectivity index (χ1v) is 9.14. The Morgan fingerprint density at radius 2 is 1.88 bits per heavy atom. The summed E-state index contributed by atoms with van der Waals surface area (Å²) in [5.41, 5.74) is 7.37. The van der Waals surface area contributed by atoms with Crippen LogP contribution in [0.2, 0.25) is 0 Å². The lowest BCUT2D eigenvalue weighted by Gasteiger charge is -2.46. The van der Waals surface area contributed by atoms with Gasteiger partial charge in [0.2, 0.25) is 0 Å². The van der Waals surface area contributed by atoms with Crippen molar-refractivity contribution < 1.29 is 0 Å². The molecule has 1 aromatic heterocycles. The van der Waals surface area contributed by atoms with E-state index in [0.717, 1.165) is 25.9 Å². The largest absolute Gasteiger partial charge is 0.375 e. The fourth-order valence-electron chi connectivity index (χ4n) is 4.95. The quantitative estimate of drug-likeness (QED) is 0.798. The summed E-state index contributed by atoms with van der Waals surface area (Å²) in [5.74, 6) is 0. The number of hydrogen-bond acceptors (Lipinski definition) is 2. The van der Waals surface area contributed by atoms with E-state index in [0.29, 0.717) is 0 Å². The number of benzene rings is 1. The van der Waals surface area contributed by atoms with Crippen LogP contribution >= 0.6 is 0 Å². The van der Waals surface area contributed by atoms with Crippen molar-refractivity contribution in [3.05, 3.63) is 53.4 Å². The average molecular weight is 319 g/mol. The molecule has 5 rings (SSSR count). The van der Waals surface area contributed by atoms with Gasteiger partial charge < -0.3 is 14.8 Å². The molecular formula is C21H25N3. The van der Waals surface area contributed by atoms with E-state index in [1.54, 1.807) is 5.56 Å². The monoisotopic (exact) mass is 319 g/mol. The third-order valence-corrected chi connectivity index (χ3v) is 6.26. The van der Waals surface area contributed by atoms with Crippen molar-refractivity contribution in [3.8, 4) is 0 Å². The fraction of sp³-hybridized carbons (Fsp3) is 0.429. The van der Waals surface area contributed by atoms with Gasteiger partial charge in [-0.3, -0.25) is 0 Å². The second kappa shape index (κ2) is 5.00. The molecule has 1 aliphatic carbocycles. The molecule has 1 spiro atoms. The van der Waals surface area contributed by atoms with E-state index in [1.807, 2.05) is 0 Å². The normalized spacial score (nSPS) is 22.6. The number of nitrogens with zero attached hydrogens (tertiary/aromatic N) is 2. The highest BCUT2D eigenvalue weighted by molar-refractivity contribution is 5.93. The molecule has 0 radical (unpaired) electrons. The van der Waals surface area contributed by atoms with Crippen molar-refractivity contribution in [2.45, 2.75) is 31.2 Å². The number of nitrogens with one attached hydrogen (secondary N) is 1. The van der Waals surface area contributed by atoms with Crippen molar-refractivity contribution in [1.29, 1.82) is 0 Å². The molecule has 0 bridgehead atoms. The third kappa shape index (κ3) is 1.82. The van der Waals surface area contributed by atoms with E-state index in [4.69, 9.17) is 0 Å². The molecule has 124 valence electrons. The number of aryl methyl sites for hydroxylation is 1. The van der Waals surface area contributed by atoms with Gasteiger partial charge in [-0.1, -0.05) is 24.3 Å². The van der Waals surface area contributed by atoms with Crippen LogP contribution in [0.3, 0.4) is 0 Å². The van der Waals surface area contributed by atoms with Gasteiger partial charge in [0.15, 0.2) is 0 Å². The minimum absolute atomic E-state index is 0.0865. The van der Waals surface area contributed by atoms with Gasteiger partial charge in [0.25, 0.3) is 0 Å². The number of aromatic nitrogens is 1. The summed E-state index contributed by atoms with van der Waals surface area (Å²) in [5, 5.41) is 5.44. The Kier molecular flexibility index (Phi) is 2.99. The molecule has 0 amide bonds. The van der Waals surface area contributed by atoms with Gasteiger partial charge in [0, 0.05) is 42.3 Å². The van der Waals surface area contributed by atoms with E-state index >= 15 is 0 Å². The number of likely N-dealkylation sites (tertiary alicyclic amines) is 1. The molecule has 24 heavy (non-hydrogen) atoms. The number of hydrogen-bond donors (Lipinski definition) is 1. The number of piperidine rings is 1. The lowest BCUT2D eigenvalue weighted by molar-refractivity contribution is 0.166. The Balaban J connectivity index is 1.83. The van der Waals surface area contributed by atoms with Gasteiger partial charge in [-0.25, -0.2) is 0 Å². The van der Waals surface area contributed by atoms with Crippen LogP contribution in [0.1, 0.15) is 36.9 Å². The maximum absolute atomic E-state index is 4.01. The molecule has 1 N–H and O–H groups in total. The van der Waals surface area contributed by atoms with E-state index < -0.39 is 0 Å². The Bertz CT molecular complexity index is 876. The molecule has 3 heterocycles. The molecule has 3 aliphatic rings. The number of fused-ring (bicyclic) bond motifs is 5. The summed E-state index contributed by atoms with van der Waals surface area (Å²) in [4.78, 5) is 2.46. The van der Waals surface area contributed by atoms with E-state index in [9.17, 15) is 0 Å². The summed E-state index contributed by atoms with van der Waals surface area (Å²) in [6, 6.07) is 8.95. The first-order chi connectivity index (χ1) is 11.7. The molecule has 2 aromatic rings. The van der Waals surface area contributed by atoms with Crippen molar-refractivity contribution in [1.82, 2.24) is 14.8 Å². The topological polar surface area (TPSA) is 20.2 Å². The zero-order valence-corrected chi connectivity index (χ0v) is 14.6. The van der Waals surface area contributed by atoms with Crippen molar-refractivity contribution >= 4 is 16.5 Å². The van der Waals surface area contributed by atoms with Crippen LogP contribution in [0.15, 0.2) is 42.1 Å². The molecule has 2 aliphatic heterocycles. The summed E-state index contributed by atoms with van der Waals surface area (Å²) in [6.07, 6.45) is 9.29. The van der Waals surface area contributed by atoms with Gasteiger partial charge in [0.1, 0.15) is 0 Å². The summed E-state index contributed by atoms with van der Waals surface area (Å²) in [6.45, 7) is 2.31. The second-order valence-corrected chi connectivity index (χ2v) is 7.64. The molecule has 3 nitrogen and oxygen atoms in total. The fourth-order valence-corrected chi connectivity index (χ4v) is 4.95. The van der Waals surface area contributed by atoms with Crippen LogP contribution in [0, 0.1) is 0 Å². The standard InChI is InChI=1S/C21H25N3/c1-23-13-11-21(12-14-23)19-16-8-4-6-10-18(16)24(2)20(19)15-7-3-5-9-17(15)22-21/h4-6,8-10,22H,3,7,11-14H2,1-2H3. The molecule has 0 unspecified atom stereocenters. The third-order valence-electron chi connectivity index (χ3n) is 6.26. The Morgan fingerprint density at radius 1 is 1.08 bits per heavy atom. The number of para-hydroxylation sites is 1. The van der Waals surface area contributed by atoms with Crippen molar-refractivity contribution in [2.75, 3.05) is 20.1 Å². The van der Waals surface area contributed by atoms with Crippen LogP contribution in [-0.4, -0.2) is 29.6 Å². The van der Waals surface area contributed by atoms with Gasteiger partial charge in [-0.2, -0.15) is 0 Å².